The van der Waals surface area contributed by atoms with Gasteiger partial charge < -0.3 is 10.1 Å². The fourth-order valence-electron chi connectivity index (χ4n) is 3.27. The van der Waals surface area contributed by atoms with Gasteiger partial charge in [0, 0.05) is 37.0 Å². The molecule has 1 fully saturated rings. The van der Waals surface area contributed by atoms with Crippen LogP contribution in [0.5, 0.6) is 0 Å². The van der Waals surface area contributed by atoms with Crippen LogP contribution >= 0.6 is 0 Å². The van der Waals surface area contributed by atoms with Gasteiger partial charge in [0.1, 0.15) is 0 Å². The first-order chi connectivity index (χ1) is 8.75. The number of ether oxygens (including phenoxy) is 1. The van der Waals surface area contributed by atoms with E-state index in [-0.39, 0.29) is 0 Å². The van der Waals surface area contributed by atoms with Gasteiger partial charge in [-0.15, -0.1) is 0 Å². The monoisotopic (exact) mass is 249 g/mol. The van der Waals surface area contributed by atoms with Crippen LogP contribution in [0.15, 0.2) is 6.20 Å². The number of nitrogens with zero attached hydrogens (tertiary/aromatic N) is 2. The Kier molecular flexibility index (Phi) is 3.39. The van der Waals surface area contributed by atoms with Crippen molar-refractivity contribution < 1.29 is 4.74 Å². The molecule has 0 spiro atoms. The van der Waals surface area contributed by atoms with Crippen LogP contribution in [-0.4, -0.2) is 29.0 Å². The van der Waals surface area contributed by atoms with E-state index in [2.05, 4.69) is 30.6 Å². The van der Waals surface area contributed by atoms with Gasteiger partial charge in [-0.1, -0.05) is 6.92 Å². The molecule has 0 aromatic carbocycles. The van der Waals surface area contributed by atoms with E-state index in [1.165, 1.54) is 30.5 Å². The summed E-state index contributed by atoms with van der Waals surface area (Å²) >= 11 is 0. The first-order valence-electron chi connectivity index (χ1n) is 7.10. The lowest BCUT2D eigenvalue weighted by Crippen LogP contribution is -2.43. The van der Waals surface area contributed by atoms with Gasteiger partial charge in [-0.3, -0.25) is 4.68 Å². The molecule has 4 nitrogen and oxygen atoms in total. The average molecular weight is 249 g/mol. The van der Waals surface area contributed by atoms with Gasteiger partial charge in [-0.2, -0.15) is 5.10 Å². The van der Waals surface area contributed by atoms with E-state index in [1.807, 2.05) is 4.68 Å². The van der Waals surface area contributed by atoms with Crippen molar-refractivity contribution >= 4 is 0 Å². The van der Waals surface area contributed by atoms with Crippen LogP contribution in [0.2, 0.25) is 0 Å². The molecule has 2 heterocycles. The molecule has 0 radical (unpaired) electrons. The van der Waals surface area contributed by atoms with Gasteiger partial charge in [0.2, 0.25) is 0 Å². The van der Waals surface area contributed by atoms with Crippen molar-refractivity contribution in [2.75, 3.05) is 13.2 Å². The number of hydrogen-bond acceptors (Lipinski definition) is 3. The summed E-state index contributed by atoms with van der Waals surface area (Å²) in [6.07, 6.45) is 6.86. The number of aromatic nitrogens is 2. The van der Waals surface area contributed by atoms with E-state index in [0.717, 1.165) is 19.6 Å². The lowest BCUT2D eigenvalue weighted by atomic mass is 9.90. The molecule has 3 rings (SSSR count). The van der Waals surface area contributed by atoms with Gasteiger partial charge in [0.25, 0.3) is 0 Å². The summed E-state index contributed by atoms with van der Waals surface area (Å²) < 4.78 is 7.56. The Morgan fingerprint density at radius 2 is 2.33 bits per heavy atom. The Bertz CT molecular complexity index is 415. The van der Waals surface area contributed by atoms with Gasteiger partial charge >= 0.3 is 0 Å². The lowest BCUT2D eigenvalue weighted by molar-refractivity contribution is 0.0350. The molecular formula is C14H23N3O. The van der Waals surface area contributed by atoms with Crippen LogP contribution < -0.4 is 5.32 Å². The van der Waals surface area contributed by atoms with Crippen LogP contribution in [0.1, 0.15) is 43.5 Å². The lowest BCUT2D eigenvalue weighted by Gasteiger charge is -2.34. The third kappa shape index (κ3) is 2.19. The first kappa shape index (κ1) is 12.2. The highest BCUT2D eigenvalue weighted by atomic mass is 16.5. The zero-order chi connectivity index (χ0) is 12.5. The largest absolute Gasteiger partial charge is 0.381 e. The molecule has 4 heteroatoms. The number of hydrogen-bond donors (Lipinski definition) is 1. The van der Waals surface area contributed by atoms with E-state index in [9.17, 15) is 0 Å². The smallest absolute Gasteiger partial charge is 0.0540 e. The molecular weight excluding hydrogens is 226 g/mol. The predicted molar refractivity (Wildman–Crippen MR) is 70.4 cm³/mol. The summed E-state index contributed by atoms with van der Waals surface area (Å²) in [4.78, 5) is 0. The van der Waals surface area contributed by atoms with Gasteiger partial charge in [-0.05, 0) is 31.6 Å². The molecule has 1 N–H and O–H groups in total. The summed E-state index contributed by atoms with van der Waals surface area (Å²) in [6, 6.07) is 1.09. The summed E-state index contributed by atoms with van der Waals surface area (Å²) in [5.41, 5.74) is 2.83. The molecule has 0 amide bonds. The summed E-state index contributed by atoms with van der Waals surface area (Å²) in [5.74, 6) is 0.612. The Morgan fingerprint density at radius 1 is 1.44 bits per heavy atom. The molecule has 1 saturated heterocycles. The molecule has 2 aliphatic rings. The van der Waals surface area contributed by atoms with Crippen molar-refractivity contribution in [1.82, 2.24) is 15.1 Å². The molecule has 1 aromatic heterocycles. The molecule has 1 aliphatic carbocycles. The third-order valence-corrected chi connectivity index (χ3v) is 4.43. The SMILES string of the molecule is CC1COCCC1NC1CCCc2c1cnn2C. The van der Waals surface area contributed by atoms with Crippen molar-refractivity contribution in [1.29, 1.82) is 0 Å². The maximum absolute atomic E-state index is 5.52. The van der Waals surface area contributed by atoms with E-state index in [4.69, 9.17) is 4.74 Å². The normalized spacial score (nSPS) is 32.2. The topological polar surface area (TPSA) is 39.1 Å². The second kappa shape index (κ2) is 5.02. The molecule has 100 valence electrons. The summed E-state index contributed by atoms with van der Waals surface area (Å²) in [5, 5.41) is 8.26. The van der Waals surface area contributed by atoms with Gasteiger partial charge in [0.05, 0.1) is 12.8 Å². The van der Waals surface area contributed by atoms with Crippen LogP contribution in [0, 0.1) is 5.92 Å². The van der Waals surface area contributed by atoms with E-state index in [0.29, 0.717) is 18.0 Å². The quantitative estimate of drug-likeness (QED) is 0.869. The molecule has 1 aliphatic heterocycles. The van der Waals surface area contributed by atoms with Crippen molar-refractivity contribution in [3.63, 3.8) is 0 Å². The van der Waals surface area contributed by atoms with E-state index in [1.54, 1.807) is 0 Å². The van der Waals surface area contributed by atoms with Crippen LogP contribution in [0.3, 0.4) is 0 Å². The Morgan fingerprint density at radius 3 is 3.17 bits per heavy atom. The number of aryl methyl sites for hydroxylation is 1. The first-order valence-corrected chi connectivity index (χ1v) is 7.10. The third-order valence-electron chi connectivity index (χ3n) is 4.43. The zero-order valence-electron chi connectivity index (χ0n) is 11.4. The van der Waals surface area contributed by atoms with Crippen molar-refractivity contribution in [2.24, 2.45) is 13.0 Å². The second-order valence-corrected chi connectivity index (χ2v) is 5.73. The minimum atomic E-state index is 0.494. The fraction of sp³-hybridized carbons (Fsp3) is 0.786. The molecule has 0 bridgehead atoms. The number of rotatable bonds is 2. The number of fused-ring (bicyclic) bond motifs is 1. The van der Waals surface area contributed by atoms with Crippen molar-refractivity contribution in [3.05, 3.63) is 17.5 Å². The summed E-state index contributed by atoms with van der Waals surface area (Å²) in [6.45, 7) is 4.07. The van der Waals surface area contributed by atoms with E-state index >= 15 is 0 Å². The Labute approximate surface area is 109 Å². The minimum Gasteiger partial charge on any atom is -0.381 e. The van der Waals surface area contributed by atoms with E-state index < -0.39 is 0 Å². The molecule has 18 heavy (non-hydrogen) atoms. The molecule has 3 atom stereocenters. The highest BCUT2D eigenvalue weighted by molar-refractivity contribution is 5.24. The molecule has 1 aromatic rings. The Hall–Kier alpha value is -0.870. The van der Waals surface area contributed by atoms with Crippen LogP contribution in [0.4, 0.5) is 0 Å². The predicted octanol–water partition coefficient (Wildman–Crippen LogP) is 1.81. The molecule has 3 unspecified atom stereocenters. The highest BCUT2D eigenvalue weighted by Gasteiger charge is 2.28. The van der Waals surface area contributed by atoms with Crippen molar-refractivity contribution in [3.8, 4) is 0 Å². The van der Waals surface area contributed by atoms with Crippen molar-refractivity contribution in [2.45, 2.75) is 44.7 Å². The standard InChI is InChI=1S/C14H23N3O/c1-10-9-18-7-6-12(10)16-13-4-3-5-14-11(13)8-15-17(14)2/h8,10,12-13,16H,3-7,9H2,1-2H3. The van der Waals surface area contributed by atoms with Gasteiger partial charge in [-0.25, -0.2) is 0 Å². The minimum absolute atomic E-state index is 0.494. The number of nitrogens with one attached hydrogen (secondary N) is 1. The maximum Gasteiger partial charge on any atom is 0.0540 e. The van der Waals surface area contributed by atoms with Crippen LogP contribution in [-0.2, 0) is 18.2 Å². The summed E-state index contributed by atoms with van der Waals surface area (Å²) in [7, 11) is 2.05. The maximum atomic E-state index is 5.52. The molecule has 0 saturated carbocycles. The van der Waals surface area contributed by atoms with Crippen LogP contribution in [0.25, 0.3) is 0 Å². The second-order valence-electron chi connectivity index (χ2n) is 5.73. The fourth-order valence-corrected chi connectivity index (χ4v) is 3.27. The van der Waals surface area contributed by atoms with Gasteiger partial charge in [0.15, 0.2) is 0 Å². The zero-order valence-corrected chi connectivity index (χ0v) is 11.4. The Balaban J connectivity index is 1.73. The average Bonchev–Trinajstić information content (AvgIpc) is 2.76. The highest BCUT2D eigenvalue weighted by Crippen LogP contribution is 2.31.